The molecule has 3 rings (SSSR count). The summed E-state index contributed by atoms with van der Waals surface area (Å²) in [7, 11) is 3.16. The number of carbonyl (C=O) groups is 1. The highest BCUT2D eigenvalue weighted by atomic mass is 32.1. The van der Waals surface area contributed by atoms with Crippen LogP contribution in [-0.4, -0.2) is 80.5 Å². The molecule has 0 aliphatic carbocycles. The first-order valence-corrected chi connectivity index (χ1v) is 11.6. The Labute approximate surface area is 193 Å². The van der Waals surface area contributed by atoms with Crippen LogP contribution in [-0.2, 0) is 16.0 Å². The number of hydrogen-bond donors (Lipinski definition) is 1. The molecule has 8 heteroatoms. The fraction of sp³-hybridized carbons (Fsp3) is 0.458. The van der Waals surface area contributed by atoms with Gasteiger partial charge >= 0.3 is 0 Å². The van der Waals surface area contributed by atoms with E-state index in [1.807, 2.05) is 34.1 Å². The number of amides is 1. The second-order valence-electron chi connectivity index (χ2n) is 7.71. The number of aliphatic hydroxyl groups excluding tert-OH is 1. The van der Waals surface area contributed by atoms with E-state index in [1.54, 1.807) is 31.6 Å². The van der Waals surface area contributed by atoms with Crippen molar-refractivity contribution in [3.8, 4) is 11.5 Å². The van der Waals surface area contributed by atoms with E-state index in [4.69, 9.17) is 14.2 Å². The minimum absolute atomic E-state index is 0.00180. The summed E-state index contributed by atoms with van der Waals surface area (Å²) >= 11 is 1.72. The molecule has 1 aliphatic rings. The summed E-state index contributed by atoms with van der Waals surface area (Å²) in [6.45, 7) is 6.01. The Morgan fingerprint density at radius 1 is 1.34 bits per heavy atom. The second kappa shape index (κ2) is 12.0. The van der Waals surface area contributed by atoms with Gasteiger partial charge in [-0.05, 0) is 35.6 Å². The lowest BCUT2D eigenvalue weighted by molar-refractivity contribution is -0.136. The van der Waals surface area contributed by atoms with Crippen LogP contribution in [0.5, 0.6) is 11.5 Å². The maximum absolute atomic E-state index is 13.4. The van der Waals surface area contributed by atoms with Gasteiger partial charge in [0.1, 0.15) is 6.61 Å². The monoisotopic (exact) mass is 460 g/mol. The van der Waals surface area contributed by atoms with E-state index in [9.17, 15) is 9.90 Å². The summed E-state index contributed by atoms with van der Waals surface area (Å²) in [4.78, 5) is 18.4. The molecule has 1 amide bonds. The first-order valence-electron chi connectivity index (χ1n) is 10.7. The second-order valence-corrected chi connectivity index (χ2v) is 8.71. The molecule has 2 heterocycles. The molecular formula is C24H32N2O5S. The Balaban J connectivity index is 1.74. The van der Waals surface area contributed by atoms with Crippen LogP contribution < -0.4 is 9.47 Å². The predicted octanol–water partition coefficient (Wildman–Crippen LogP) is 2.76. The zero-order valence-corrected chi connectivity index (χ0v) is 19.6. The molecule has 1 N–H and O–H groups in total. The minimum atomic E-state index is -0.665. The molecule has 0 spiro atoms. The van der Waals surface area contributed by atoms with Crippen LogP contribution in [0.1, 0.15) is 16.5 Å². The van der Waals surface area contributed by atoms with E-state index in [1.165, 1.54) is 4.88 Å². The Morgan fingerprint density at radius 3 is 2.84 bits per heavy atom. The highest BCUT2D eigenvalue weighted by molar-refractivity contribution is 7.10. The van der Waals surface area contributed by atoms with Crippen LogP contribution in [0.2, 0.25) is 0 Å². The molecule has 0 radical (unpaired) electrons. The number of thiophene rings is 1. The molecule has 174 valence electrons. The van der Waals surface area contributed by atoms with Gasteiger partial charge in [0, 0.05) is 31.6 Å². The molecule has 2 atom stereocenters. The van der Waals surface area contributed by atoms with Gasteiger partial charge in [-0.1, -0.05) is 18.2 Å². The SMILES string of the molecule is C=CCN(CC(=O)N1CCc2sccc2C1COc1ccccc1OC)CC(O)COC. The Bertz CT molecular complexity index is 887. The third-order valence-corrected chi connectivity index (χ3v) is 6.45. The molecule has 1 aromatic heterocycles. The summed E-state index contributed by atoms with van der Waals surface area (Å²) in [5, 5.41) is 12.2. The first kappa shape index (κ1) is 24.3. The maximum atomic E-state index is 13.4. The molecule has 32 heavy (non-hydrogen) atoms. The lowest BCUT2D eigenvalue weighted by atomic mass is 10.0. The average molecular weight is 461 g/mol. The number of carbonyl (C=O) groups excluding carboxylic acids is 1. The van der Waals surface area contributed by atoms with E-state index in [0.717, 1.165) is 12.0 Å². The van der Waals surface area contributed by atoms with Crippen molar-refractivity contribution in [2.75, 3.05) is 53.6 Å². The van der Waals surface area contributed by atoms with Crippen LogP contribution in [0.4, 0.5) is 0 Å². The lowest BCUT2D eigenvalue weighted by Crippen LogP contribution is -2.48. The number of fused-ring (bicyclic) bond motifs is 1. The van der Waals surface area contributed by atoms with Crippen LogP contribution in [0, 0.1) is 0 Å². The van der Waals surface area contributed by atoms with Crippen molar-refractivity contribution in [3.63, 3.8) is 0 Å². The zero-order valence-electron chi connectivity index (χ0n) is 18.7. The molecular weight excluding hydrogens is 428 g/mol. The normalized spacial score (nSPS) is 16.5. The van der Waals surface area contributed by atoms with Gasteiger partial charge in [0.2, 0.25) is 5.91 Å². The number of para-hydroxylation sites is 2. The van der Waals surface area contributed by atoms with E-state index in [-0.39, 0.29) is 25.1 Å². The summed E-state index contributed by atoms with van der Waals surface area (Å²) in [6.07, 6.45) is 1.90. The minimum Gasteiger partial charge on any atom is -0.493 e. The van der Waals surface area contributed by atoms with Gasteiger partial charge in [-0.15, -0.1) is 17.9 Å². The number of methoxy groups -OCH3 is 2. The van der Waals surface area contributed by atoms with Crippen molar-refractivity contribution in [2.24, 2.45) is 0 Å². The summed E-state index contributed by atoms with van der Waals surface area (Å²) in [5.74, 6) is 1.32. The van der Waals surface area contributed by atoms with Gasteiger partial charge in [0.15, 0.2) is 11.5 Å². The predicted molar refractivity (Wildman–Crippen MR) is 125 cm³/mol. The quantitative estimate of drug-likeness (QED) is 0.491. The molecule has 0 saturated carbocycles. The van der Waals surface area contributed by atoms with Crippen molar-refractivity contribution in [1.82, 2.24) is 9.80 Å². The number of hydrogen-bond acceptors (Lipinski definition) is 7. The Hall–Kier alpha value is -2.39. The maximum Gasteiger partial charge on any atom is 0.237 e. The zero-order chi connectivity index (χ0) is 22.9. The smallest absolute Gasteiger partial charge is 0.237 e. The number of benzene rings is 1. The Kier molecular flexibility index (Phi) is 9.11. The van der Waals surface area contributed by atoms with E-state index >= 15 is 0 Å². The van der Waals surface area contributed by atoms with E-state index in [0.29, 0.717) is 37.7 Å². The largest absolute Gasteiger partial charge is 0.493 e. The molecule has 1 aromatic carbocycles. The van der Waals surface area contributed by atoms with E-state index < -0.39 is 6.10 Å². The fourth-order valence-electron chi connectivity index (χ4n) is 3.99. The fourth-order valence-corrected chi connectivity index (χ4v) is 4.92. The van der Waals surface area contributed by atoms with E-state index in [2.05, 4.69) is 18.0 Å². The molecule has 0 saturated heterocycles. The van der Waals surface area contributed by atoms with Crippen molar-refractivity contribution >= 4 is 17.2 Å². The highest BCUT2D eigenvalue weighted by Crippen LogP contribution is 2.35. The van der Waals surface area contributed by atoms with Gasteiger partial charge < -0.3 is 24.2 Å². The van der Waals surface area contributed by atoms with Gasteiger partial charge in [-0.2, -0.15) is 0 Å². The van der Waals surface area contributed by atoms with Crippen molar-refractivity contribution in [2.45, 2.75) is 18.6 Å². The number of nitrogens with zero attached hydrogens (tertiary/aromatic N) is 2. The number of ether oxygens (including phenoxy) is 3. The lowest BCUT2D eigenvalue weighted by Gasteiger charge is -2.37. The summed E-state index contributed by atoms with van der Waals surface area (Å²) in [5.41, 5.74) is 1.14. The van der Waals surface area contributed by atoms with Crippen LogP contribution in [0.15, 0.2) is 48.4 Å². The standard InChI is InChI=1S/C24H32N2O5S/c1-4-11-25(14-18(27)16-29-2)15-24(28)26-12-9-23-19(10-13-32-23)20(26)17-31-22-8-6-5-7-21(22)30-3/h4-8,10,13,18,20,27H,1,9,11-12,14-17H2,2-3H3. The van der Waals surface area contributed by atoms with Gasteiger partial charge in [-0.25, -0.2) is 0 Å². The third kappa shape index (κ3) is 6.10. The summed E-state index contributed by atoms with van der Waals surface area (Å²) < 4.78 is 16.5. The average Bonchev–Trinajstić information content (AvgIpc) is 3.27. The van der Waals surface area contributed by atoms with Gasteiger partial charge in [-0.3, -0.25) is 9.69 Å². The van der Waals surface area contributed by atoms with Crippen LogP contribution >= 0.6 is 11.3 Å². The molecule has 1 aliphatic heterocycles. The molecule has 2 unspecified atom stereocenters. The van der Waals surface area contributed by atoms with Crippen molar-refractivity contribution in [1.29, 1.82) is 0 Å². The molecule has 2 aromatic rings. The highest BCUT2D eigenvalue weighted by Gasteiger charge is 2.33. The first-order chi connectivity index (χ1) is 15.6. The van der Waals surface area contributed by atoms with Crippen molar-refractivity contribution in [3.05, 3.63) is 58.8 Å². The Morgan fingerprint density at radius 2 is 2.12 bits per heavy atom. The van der Waals surface area contributed by atoms with Gasteiger partial charge in [0.25, 0.3) is 0 Å². The molecule has 7 nitrogen and oxygen atoms in total. The summed E-state index contributed by atoms with van der Waals surface area (Å²) in [6, 6.07) is 9.41. The molecule has 0 fully saturated rings. The third-order valence-electron chi connectivity index (χ3n) is 5.46. The van der Waals surface area contributed by atoms with Gasteiger partial charge in [0.05, 0.1) is 32.4 Å². The number of rotatable bonds is 12. The molecule has 0 bridgehead atoms. The number of aliphatic hydroxyl groups is 1. The van der Waals surface area contributed by atoms with Crippen LogP contribution in [0.25, 0.3) is 0 Å². The topological polar surface area (TPSA) is 71.5 Å². The van der Waals surface area contributed by atoms with Crippen molar-refractivity contribution < 1.29 is 24.1 Å². The van der Waals surface area contributed by atoms with Crippen LogP contribution in [0.3, 0.4) is 0 Å².